The number of hydrogen-bond donors (Lipinski definition) is 8. The van der Waals surface area contributed by atoms with E-state index in [1.54, 1.807) is 186 Å². The molecule has 9 N–H and O–H groups in total. The van der Waals surface area contributed by atoms with Crippen LogP contribution in [0.5, 0.6) is 5.75 Å². The van der Waals surface area contributed by atoms with Crippen LogP contribution in [0.15, 0.2) is 333 Å². The second kappa shape index (κ2) is 58.7. The summed E-state index contributed by atoms with van der Waals surface area (Å²) in [7, 11) is 1.70. The monoisotopic (exact) mass is 2040 g/mol. The summed E-state index contributed by atoms with van der Waals surface area (Å²) in [5.41, 5.74) is 16.3. The molecule has 14 aromatic heterocycles. The van der Waals surface area contributed by atoms with Crippen molar-refractivity contribution in [3.05, 3.63) is 366 Å². The summed E-state index contributed by atoms with van der Waals surface area (Å²) >= 11 is 13.1. The van der Waals surface area contributed by atoms with Gasteiger partial charge in [0.05, 0.1) is 55.3 Å². The largest absolute Gasteiger partial charge is 1.00 e. The third-order valence-electron chi connectivity index (χ3n) is 17.3. The molecular weight excluding hydrogens is 1960 g/mol. The summed E-state index contributed by atoms with van der Waals surface area (Å²) < 4.78 is 21.3. The van der Waals surface area contributed by atoms with E-state index in [1.165, 1.54) is 70.8 Å². The number of alkyl halides is 1. The molecular formula is C92H82B3Br4LiN16O17-. The summed E-state index contributed by atoms with van der Waals surface area (Å²) in [6, 6.07) is 39.9. The zero-order valence-electron chi connectivity index (χ0n) is 72.6. The minimum atomic E-state index is -1.40. The molecule has 671 valence electrons. The van der Waals surface area contributed by atoms with Crippen molar-refractivity contribution in [2.45, 2.75) is 18.7 Å². The zero-order chi connectivity index (χ0) is 94.2. The second-order valence-corrected chi connectivity index (χ2v) is 29.9. The predicted molar refractivity (Wildman–Crippen MR) is 512 cm³/mol. The molecule has 0 aliphatic heterocycles. The Morgan fingerprint density at radius 1 is 0.391 bits per heavy atom. The van der Waals surface area contributed by atoms with Crippen LogP contribution in [0.1, 0.15) is 72.1 Å². The Morgan fingerprint density at radius 3 is 1.07 bits per heavy atom. The molecule has 15 rings (SSSR count). The van der Waals surface area contributed by atoms with Gasteiger partial charge in [-0.15, -0.1) is 0 Å². The molecule has 0 aliphatic rings. The Hall–Kier alpha value is -13.8. The van der Waals surface area contributed by atoms with Gasteiger partial charge < -0.3 is 66.6 Å². The van der Waals surface area contributed by atoms with Gasteiger partial charge in [0.15, 0.2) is 0 Å². The zero-order valence-corrected chi connectivity index (χ0v) is 78.0. The van der Waals surface area contributed by atoms with Crippen LogP contribution in [0.3, 0.4) is 0 Å². The van der Waals surface area contributed by atoms with Crippen molar-refractivity contribution in [1.29, 1.82) is 0 Å². The first-order chi connectivity index (χ1) is 63.4. The predicted octanol–water partition coefficient (Wildman–Crippen LogP) is 9.95. The van der Waals surface area contributed by atoms with Gasteiger partial charge in [0.25, 0.3) is 5.91 Å². The van der Waals surface area contributed by atoms with Crippen LogP contribution in [-0.4, -0.2) is 198 Å². The number of benzene rings is 1. The van der Waals surface area contributed by atoms with Crippen molar-refractivity contribution in [2.75, 3.05) is 34.4 Å². The van der Waals surface area contributed by atoms with Gasteiger partial charge in [-0.1, -0.05) is 71.0 Å². The van der Waals surface area contributed by atoms with Gasteiger partial charge >= 0.3 is 64.7 Å². The SMILES string of the molecule is Brc1cncc(Br)c1.C=C(C)C(=O)NCCCNC(=O)c1cncc(-c2cncc(-c3cccnc3)c2)c1.COC(=O)c1cncc(-c2cncc(-c3cccnc3)c2)c1.COC(=O)c1cncc(-c2cncc(Br)c2)c1.COC(=O)c1cncc(O[B]O)c1.O=C(O)c1cncc(-c2cncc(-c3cccnc3)c2)c1.OB(O)c1ccccc1CBr.OB(O)c1cccnc1.[3H-].[Li+].[OH-]. The quantitative estimate of drug-likeness (QED) is 0.00780. The molecule has 14 heterocycles. The molecule has 2 amide bonds. The standard InChI is InChI=1S/C23H23N5O2.C17H13N3O2.C16H11N3O2.C12H9BrN2O2.C7H8BBrO2.C7H7BNO4.C5H6BNO2.C5H3Br2N.Li.H2O.H/c1-16(2)22(29)27-7-4-8-28-23(30)21-10-20(14-26-15-21)19-9-18(12-25-13-19)17-5-3-6-24-11-17;1-22-17(21)16-6-15(10-20-11-16)14-5-13(8-19-9-14)12-3-2-4-18-7-12;20-16(21)15-5-14(9-19-10-15)13-4-12(7-18-8-13)11-2-1-3-17-6-11;1-17-12(16)10-2-8(4-14-6-10)9-3-11(13)7-15-5-9;9-5-6-3-1-2-4-7(6)8(10)11;1-12-7(10)5-2-6(13-8-11)4-9-3-5;8-6(9)5-2-1-3-7-4-5;6-4-1-5(7)3-8-2-4;;;/h3,5-6,9-15H,1,4,7-8H2,2H3,(H,27,29)(H,28,30);2-11H,1H3;1-10H,(H,20,21);2-7H,1H3;1-4,10-11H,5H2;2-4,11H,1H3;1-4,8-9H;1-3H;;1H2;/q;;;;;;;;+1;;-1/p-1/i;;;;;;;;;;1+2. The molecule has 0 bridgehead atoms. The fourth-order valence-electron chi connectivity index (χ4n) is 10.9. The number of nitrogens with one attached hydrogen (secondary N) is 2. The van der Waals surface area contributed by atoms with Gasteiger partial charge in [0, 0.05) is 288 Å². The maximum absolute atomic E-state index is 12.4. The number of aromatic nitrogens is 14. The summed E-state index contributed by atoms with van der Waals surface area (Å²) in [5.74, 6) is -2.44. The third kappa shape index (κ3) is 36.8. The van der Waals surface area contributed by atoms with E-state index in [9.17, 15) is 28.8 Å². The average molecular weight is 2040 g/mol. The van der Waals surface area contributed by atoms with Crippen LogP contribution in [0.25, 0.3) is 77.9 Å². The van der Waals surface area contributed by atoms with Crippen molar-refractivity contribution in [2.24, 2.45) is 0 Å². The molecule has 0 aliphatic carbocycles. The summed E-state index contributed by atoms with van der Waals surface area (Å²) in [6.07, 6.45) is 46.6. The number of aromatic carboxylic acids is 1. The number of esters is 3. The van der Waals surface area contributed by atoms with Crippen molar-refractivity contribution in [3.8, 4) is 83.6 Å². The second-order valence-electron chi connectivity index (χ2n) is 26.6. The Balaban J connectivity index is 0.000000279. The summed E-state index contributed by atoms with van der Waals surface area (Å²) in [6.45, 7) is 6.14. The van der Waals surface area contributed by atoms with Gasteiger partial charge in [-0.3, -0.25) is 79.4 Å². The van der Waals surface area contributed by atoms with E-state index in [1.807, 2.05) is 78.9 Å². The van der Waals surface area contributed by atoms with E-state index in [0.717, 1.165) is 91.3 Å². The molecule has 1 aromatic carbocycles. The fraction of sp³-hybridized carbons (Fsp3) is 0.0870. The van der Waals surface area contributed by atoms with Gasteiger partial charge in [0.2, 0.25) is 5.91 Å². The van der Waals surface area contributed by atoms with Gasteiger partial charge in [0.1, 0.15) is 5.75 Å². The van der Waals surface area contributed by atoms with E-state index >= 15 is 0 Å². The van der Waals surface area contributed by atoms with Crippen LogP contribution >= 0.6 is 63.7 Å². The first-order valence-corrected chi connectivity index (χ1v) is 42.2. The molecule has 133 heavy (non-hydrogen) atoms. The Morgan fingerprint density at radius 2 is 0.722 bits per heavy atom. The van der Waals surface area contributed by atoms with Crippen LogP contribution in [0.2, 0.25) is 0 Å². The number of carbonyl (C=O) groups is 6. The van der Waals surface area contributed by atoms with Gasteiger partial charge in [-0.05, 0) is 157 Å². The Bertz CT molecular complexity index is 6240. The number of amides is 2. The minimum absolute atomic E-state index is 0. The number of pyridine rings is 14. The Kier molecular flexibility index (Phi) is 47.7. The normalized spacial score (nSPS) is 9.78. The molecule has 0 saturated carbocycles. The number of carboxylic acid groups (broad SMARTS) is 1. The number of methoxy groups -OCH3 is 3. The molecule has 41 heteroatoms. The van der Waals surface area contributed by atoms with Gasteiger partial charge in [-0.2, -0.15) is 0 Å². The fourth-order valence-corrected chi connectivity index (χ4v) is 12.8. The van der Waals surface area contributed by atoms with E-state index in [0.29, 0.717) is 71.3 Å². The average Bonchev–Trinajstić information content (AvgIpc) is 0.829. The first-order valence-electron chi connectivity index (χ1n) is 38.7. The number of halogens is 4. The molecule has 0 fully saturated rings. The Labute approximate surface area is 812 Å². The maximum atomic E-state index is 12.4. The number of hydrogen-bond acceptors (Lipinski definition) is 30. The van der Waals surface area contributed by atoms with Crippen molar-refractivity contribution in [3.63, 3.8) is 0 Å². The number of nitrogens with zero attached hydrogens (tertiary/aromatic N) is 14. The summed E-state index contributed by atoms with van der Waals surface area (Å²) in [5, 5.41) is 58.4. The first kappa shape index (κ1) is 108. The molecule has 0 saturated heterocycles. The van der Waals surface area contributed by atoms with E-state index in [4.69, 9.17) is 35.0 Å². The number of carboxylic acids is 1. The minimum Gasteiger partial charge on any atom is -1.00 e. The van der Waals surface area contributed by atoms with E-state index in [-0.39, 0.29) is 54.5 Å². The van der Waals surface area contributed by atoms with Crippen LogP contribution in [0.4, 0.5) is 0 Å². The number of rotatable bonds is 22. The smallest absolute Gasteiger partial charge is 1.00 e. The van der Waals surface area contributed by atoms with Crippen LogP contribution in [-0.2, 0) is 24.3 Å². The van der Waals surface area contributed by atoms with E-state index in [2.05, 4.69) is 165 Å². The van der Waals surface area contributed by atoms with E-state index < -0.39 is 38.1 Å². The maximum Gasteiger partial charge on any atom is 1.00 e. The van der Waals surface area contributed by atoms with Crippen molar-refractivity contribution >= 4 is 132 Å². The van der Waals surface area contributed by atoms with Crippen molar-refractivity contribution < 1.29 is 104 Å². The molecule has 0 spiro atoms. The molecule has 0 unspecified atom stereocenters. The number of carbonyl (C=O) groups excluding carboxylic acids is 5. The number of ether oxygens (including phenoxy) is 3. The molecule has 0 atom stereocenters. The van der Waals surface area contributed by atoms with Gasteiger partial charge in [-0.25, -0.2) is 19.2 Å². The molecule has 15 aromatic rings. The molecule has 33 nitrogen and oxygen atoms in total. The van der Waals surface area contributed by atoms with Crippen LogP contribution < -0.4 is 45.1 Å². The van der Waals surface area contributed by atoms with Crippen molar-refractivity contribution in [1.82, 2.24) is 80.4 Å². The topological polar surface area (TPSA) is 495 Å². The van der Waals surface area contributed by atoms with Crippen LogP contribution in [0, 0.1) is 0 Å². The molecule has 1 radical (unpaired) electrons. The summed E-state index contributed by atoms with van der Waals surface area (Å²) in [4.78, 5) is 126. The third-order valence-corrected chi connectivity index (χ3v) is 19.2.